The van der Waals surface area contributed by atoms with E-state index < -0.39 is 5.97 Å². The number of furan rings is 1. The minimum atomic E-state index is -0.724. The first-order valence-corrected chi connectivity index (χ1v) is 5.66. The van der Waals surface area contributed by atoms with Gasteiger partial charge >= 0.3 is 5.97 Å². The van der Waals surface area contributed by atoms with E-state index in [2.05, 4.69) is 30.9 Å². The number of amidine groups is 1. The van der Waals surface area contributed by atoms with Gasteiger partial charge in [-0.15, -0.1) is 0 Å². The molecule has 0 atom stereocenters. The number of carbonyl (C=O) groups is 1. The Morgan fingerprint density at radius 3 is 2.67 bits per heavy atom. The molecule has 6 nitrogen and oxygen atoms in total. The van der Waals surface area contributed by atoms with Crippen molar-refractivity contribution in [2.75, 3.05) is 0 Å². The van der Waals surface area contributed by atoms with E-state index in [1.165, 1.54) is 6.07 Å². The number of carbonyl (C=O) groups excluding carboxylic acids is 1. The zero-order chi connectivity index (χ0) is 13.0. The third kappa shape index (κ3) is 2.95. The van der Waals surface area contributed by atoms with Crippen LogP contribution < -0.4 is 5.73 Å². The van der Waals surface area contributed by atoms with E-state index in [9.17, 15) is 4.79 Å². The first kappa shape index (κ1) is 12.3. The summed E-state index contributed by atoms with van der Waals surface area (Å²) >= 11 is 3.08. The van der Waals surface area contributed by atoms with Crippen LogP contribution in [0.4, 0.5) is 0 Å². The fraction of sp³-hybridized carbons (Fsp3) is 0. The maximum absolute atomic E-state index is 11.5. The summed E-state index contributed by atoms with van der Waals surface area (Å²) in [6.45, 7) is 0. The summed E-state index contributed by atoms with van der Waals surface area (Å²) in [6, 6.07) is 6.34. The highest BCUT2D eigenvalue weighted by molar-refractivity contribution is 9.10. The van der Waals surface area contributed by atoms with Crippen molar-refractivity contribution in [1.82, 2.24) is 4.98 Å². The van der Waals surface area contributed by atoms with Crippen LogP contribution in [0.5, 0.6) is 0 Å². The van der Waals surface area contributed by atoms with Crippen LogP contribution in [0.15, 0.2) is 50.9 Å². The molecule has 0 aromatic carbocycles. The van der Waals surface area contributed by atoms with Crippen molar-refractivity contribution in [1.29, 1.82) is 0 Å². The molecule has 0 fully saturated rings. The van der Waals surface area contributed by atoms with Gasteiger partial charge in [-0.3, -0.25) is 4.98 Å². The maximum atomic E-state index is 11.5. The number of hydrogen-bond acceptors (Lipinski definition) is 5. The quantitative estimate of drug-likeness (QED) is 0.405. The van der Waals surface area contributed by atoms with E-state index in [4.69, 9.17) is 10.2 Å². The standard InChI is InChI=1S/C11H8BrN3O3/c12-9-2-1-8(17-9)11(16)18-15-10(13)7-3-5-14-6-4-7/h1-6H,(H2,13,15). The monoisotopic (exact) mass is 309 g/mol. The zero-order valence-electron chi connectivity index (χ0n) is 9.04. The highest BCUT2D eigenvalue weighted by atomic mass is 79.9. The second kappa shape index (κ2) is 5.46. The molecule has 0 amide bonds. The molecule has 0 aliphatic heterocycles. The second-order valence-electron chi connectivity index (χ2n) is 3.19. The Hall–Kier alpha value is -2.15. The minimum absolute atomic E-state index is 0.0353. The van der Waals surface area contributed by atoms with Gasteiger partial charge in [0.1, 0.15) is 0 Å². The van der Waals surface area contributed by atoms with Crippen molar-refractivity contribution in [2.24, 2.45) is 10.9 Å². The average molecular weight is 310 g/mol. The predicted molar refractivity (Wildman–Crippen MR) is 66.8 cm³/mol. The fourth-order valence-corrected chi connectivity index (χ4v) is 1.44. The molecule has 0 saturated carbocycles. The van der Waals surface area contributed by atoms with E-state index in [1.807, 2.05) is 0 Å². The summed E-state index contributed by atoms with van der Waals surface area (Å²) in [5.41, 5.74) is 6.24. The summed E-state index contributed by atoms with van der Waals surface area (Å²) in [7, 11) is 0. The van der Waals surface area contributed by atoms with Crippen molar-refractivity contribution in [3.8, 4) is 0 Å². The Kier molecular flexibility index (Phi) is 3.73. The van der Waals surface area contributed by atoms with Crippen molar-refractivity contribution in [3.05, 3.63) is 52.7 Å². The molecule has 0 unspecified atom stereocenters. The van der Waals surface area contributed by atoms with Gasteiger partial charge in [0, 0.05) is 18.0 Å². The van der Waals surface area contributed by atoms with Gasteiger partial charge in [-0.25, -0.2) is 4.79 Å². The van der Waals surface area contributed by atoms with Gasteiger partial charge in [0.25, 0.3) is 0 Å². The van der Waals surface area contributed by atoms with Crippen LogP contribution in [0, 0.1) is 0 Å². The summed E-state index contributed by atoms with van der Waals surface area (Å²) in [6.07, 6.45) is 3.12. The van der Waals surface area contributed by atoms with Gasteiger partial charge in [0.05, 0.1) is 0 Å². The lowest BCUT2D eigenvalue weighted by Crippen LogP contribution is -2.15. The minimum Gasteiger partial charge on any atom is -0.442 e. The topological polar surface area (TPSA) is 90.7 Å². The van der Waals surface area contributed by atoms with Gasteiger partial charge in [0.2, 0.25) is 5.76 Å². The molecule has 0 bridgehead atoms. The number of halogens is 1. The van der Waals surface area contributed by atoms with Crippen LogP contribution in [-0.2, 0) is 4.84 Å². The Morgan fingerprint density at radius 2 is 2.06 bits per heavy atom. The number of hydrogen-bond donors (Lipinski definition) is 1. The molecule has 2 N–H and O–H groups in total. The third-order valence-corrected chi connectivity index (χ3v) is 2.40. The first-order valence-electron chi connectivity index (χ1n) is 4.87. The van der Waals surface area contributed by atoms with E-state index >= 15 is 0 Å². The van der Waals surface area contributed by atoms with Crippen molar-refractivity contribution < 1.29 is 14.0 Å². The highest BCUT2D eigenvalue weighted by Gasteiger charge is 2.12. The number of aromatic nitrogens is 1. The van der Waals surface area contributed by atoms with Crippen molar-refractivity contribution in [3.63, 3.8) is 0 Å². The first-order chi connectivity index (χ1) is 8.66. The number of oxime groups is 1. The third-order valence-electron chi connectivity index (χ3n) is 1.98. The van der Waals surface area contributed by atoms with Crippen LogP contribution >= 0.6 is 15.9 Å². The van der Waals surface area contributed by atoms with Gasteiger partial charge in [0.15, 0.2) is 10.5 Å². The molecule has 2 aromatic rings. The molecule has 7 heteroatoms. The summed E-state index contributed by atoms with van der Waals surface area (Å²) < 4.78 is 5.44. The second-order valence-corrected chi connectivity index (χ2v) is 3.98. The van der Waals surface area contributed by atoms with Crippen LogP contribution in [0.1, 0.15) is 16.1 Å². The Morgan fingerprint density at radius 1 is 1.33 bits per heavy atom. The van der Waals surface area contributed by atoms with Crippen LogP contribution in [-0.4, -0.2) is 16.8 Å². The molecule has 18 heavy (non-hydrogen) atoms. The number of nitrogens with zero attached hydrogens (tertiary/aromatic N) is 2. The summed E-state index contributed by atoms with van der Waals surface area (Å²) in [4.78, 5) is 20.0. The highest BCUT2D eigenvalue weighted by Crippen LogP contribution is 2.14. The lowest BCUT2D eigenvalue weighted by Gasteiger charge is -1.98. The molecular formula is C11H8BrN3O3. The molecule has 0 spiro atoms. The number of nitrogens with two attached hydrogens (primary N) is 1. The van der Waals surface area contributed by atoms with E-state index in [-0.39, 0.29) is 11.6 Å². The van der Waals surface area contributed by atoms with Crippen LogP contribution in [0.2, 0.25) is 0 Å². The smallest absolute Gasteiger partial charge is 0.400 e. The van der Waals surface area contributed by atoms with E-state index in [0.717, 1.165) is 0 Å². The predicted octanol–water partition coefficient (Wildman–Crippen LogP) is 1.91. The van der Waals surface area contributed by atoms with Gasteiger partial charge in [-0.05, 0) is 40.2 Å². The molecule has 92 valence electrons. The Labute approximate surface area is 111 Å². The Balaban J connectivity index is 2.05. The van der Waals surface area contributed by atoms with Gasteiger partial charge in [-0.2, -0.15) is 0 Å². The fourth-order valence-electron chi connectivity index (χ4n) is 1.13. The number of pyridine rings is 1. The maximum Gasteiger partial charge on any atom is 0.400 e. The molecule has 0 saturated heterocycles. The Bertz CT molecular complexity index is 580. The average Bonchev–Trinajstić information content (AvgIpc) is 2.83. The van der Waals surface area contributed by atoms with Crippen LogP contribution in [0.25, 0.3) is 0 Å². The molecule has 2 rings (SSSR count). The van der Waals surface area contributed by atoms with Crippen molar-refractivity contribution in [2.45, 2.75) is 0 Å². The lowest BCUT2D eigenvalue weighted by molar-refractivity contribution is 0.0478. The van der Waals surface area contributed by atoms with Crippen LogP contribution in [0.3, 0.4) is 0 Å². The summed E-state index contributed by atoms with van der Waals surface area (Å²) in [5.74, 6) is -0.609. The normalized spacial score (nSPS) is 11.3. The van der Waals surface area contributed by atoms with Gasteiger partial charge < -0.3 is 15.0 Å². The van der Waals surface area contributed by atoms with Crippen molar-refractivity contribution >= 4 is 27.7 Å². The van der Waals surface area contributed by atoms with Gasteiger partial charge in [-0.1, -0.05) is 5.16 Å². The van der Waals surface area contributed by atoms with E-state index in [1.54, 1.807) is 30.6 Å². The van der Waals surface area contributed by atoms with E-state index in [0.29, 0.717) is 10.2 Å². The summed E-state index contributed by atoms with van der Waals surface area (Å²) in [5, 5.41) is 3.52. The zero-order valence-corrected chi connectivity index (χ0v) is 10.6. The molecule has 2 aromatic heterocycles. The molecule has 0 aliphatic rings. The molecule has 0 aliphatic carbocycles. The largest absolute Gasteiger partial charge is 0.442 e. The molecular weight excluding hydrogens is 302 g/mol. The molecule has 2 heterocycles. The number of rotatable bonds is 3. The lowest BCUT2D eigenvalue weighted by atomic mass is 10.2. The SMILES string of the molecule is NC(=NOC(=O)c1ccc(Br)o1)c1ccncc1. The molecule has 0 radical (unpaired) electrons.